The molecule has 2 aliphatic rings. The van der Waals surface area contributed by atoms with Crippen molar-refractivity contribution < 1.29 is 5.11 Å². The zero-order valence-corrected chi connectivity index (χ0v) is 7.38. The summed E-state index contributed by atoms with van der Waals surface area (Å²) < 4.78 is 0. The average molecular weight is 184 g/mol. The fourth-order valence-electron chi connectivity index (χ4n) is 1.75. The van der Waals surface area contributed by atoms with E-state index in [1.807, 2.05) is 24.3 Å². The van der Waals surface area contributed by atoms with Crippen molar-refractivity contribution in [2.24, 2.45) is 9.98 Å². The lowest BCUT2D eigenvalue weighted by atomic mass is 9.95. The largest absolute Gasteiger partial charge is 0.383 e. The molecule has 3 nitrogen and oxygen atoms in total. The molecule has 1 aromatic rings. The van der Waals surface area contributed by atoms with Crippen LogP contribution in [0.25, 0.3) is 0 Å². The Morgan fingerprint density at radius 3 is 3.00 bits per heavy atom. The highest BCUT2D eigenvalue weighted by Gasteiger charge is 2.26. The van der Waals surface area contributed by atoms with E-state index in [2.05, 4.69) is 9.98 Å². The van der Waals surface area contributed by atoms with Crippen LogP contribution in [-0.4, -0.2) is 17.0 Å². The van der Waals surface area contributed by atoms with Gasteiger partial charge in [0.1, 0.15) is 6.10 Å². The van der Waals surface area contributed by atoms with Crippen LogP contribution >= 0.6 is 0 Å². The molecule has 0 aliphatic carbocycles. The van der Waals surface area contributed by atoms with E-state index in [0.29, 0.717) is 0 Å². The summed E-state index contributed by atoms with van der Waals surface area (Å²) in [6, 6.07) is 7.60. The van der Waals surface area contributed by atoms with Gasteiger partial charge in [0.05, 0.1) is 17.6 Å². The zero-order chi connectivity index (χ0) is 9.54. The summed E-state index contributed by atoms with van der Waals surface area (Å²) in [5.74, 6) is 0. The molecule has 0 saturated heterocycles. The number of rotatable bonds is 0. The summed E-state index contributed by atoms with van der Waals surface area (Å²) in [7, 11) is 0. The number of hydrogen-bond acceptors (Lipinski definition) is 3. The second-order valence-corrected chi connectivity index (χ2v) is 3.32. The minimum Gasteiger partial charge on any atom is -0.383 e. The van der Waals surface area contributed by atoms with Gasteiger partial charge in [-0.2, -0.15) is 0 Å². The van der Waals surface area contributed by atoms with Crippen LogP contribution in [0.1, 0.15) is 11.7 Å². The van der Waals surface area contributed by atoms with Gasteiger partial charge in [-0.25, -0.2) is 4.99 Å². The van der Waals surface area contributed by atoms with Gasteiger partial charge in [0.2, 0.25) is 0 Å². The Morgan fingerprint density at radius 2 is 2.07 bits per heavy atom. The van der Waals surface area contributed by atoms with Gasteiger partial charge in [-0.3, -0.25) is 4.99 Å². The predicted octanol–water partition coefficient (Wildman–Crippen LogP) is 1.77. The normalized spacial score (nSPS) is 22.5. The first-order valence-electron chi connectivity index (χ1n) is 4.45. The van der Waals surface area contributed by atoms with Crippen molar-refractivity contribution in [1.29, 1.82) is 0 Å². The van der Waals surface area contributed by atoms with E-state index in [9.17, 15) is 5.11 Å². The number of benzene rings is 1. The number of nitrogens with zero attached hydrogens (tertiary/aromatic N) is 2. The minimum absolute atomic E-state index is 0.582. The van der Waals surface area contributed by atoms with Crippen molar-refractivity contribution in [2.45, 2.75) is 6.10 Å². The van der Waals surface area contributed by atoms with Crippen molar-refractivity contribution in [1.82, 2.24) is 0 Å². The second-order valence-electron chi connectivity index (χ2n) is 3.32. The smallest absolute Gasteiger partial charge is 0.110 e. The molecule has 14 heavy (non-hydrogen) atoms. The Kier molecular flexibility index (Phi) is 1.43. The Hall–Kier alpha value is -1.74. The molecular weight excluding hydrogens is 176 g/mol. The van der Waals surface area contributed by atoms with Crippen LogP contribution in [0.3, 0.4) is 0 Å². The standard InChI is InChI=1S/C11H8N2O/c14-11-7-3-1-2-4-9(7)13-10-6-12-5-8(10)11/h1-6,11,14H. The molecule has 0 amide bonds. The van der Waals surface area contributed by atoms with E-state index >= 15 is 0 Å². The molecule has 1 atom stereocenters. The summed E-state index contributed by atoms with van der Waals surface area (Å²) >= 11 is 0. The van der Waals surface area contributed by atoms with E-state index in [1.54, 1.807) is 12.4 Å². The first-order chi connectivity index (χ1) is 6.86. The third kappa shape index (κ3) is 0.900. The Balaban J connectivity index is 2.26. The summed E-state index contributed by atoms with van der Waals surface area (Å²) in [5, 5.41) is 10.0. The Bertz CT molecular complexity index is 486. The molecule has 0 radical (unpaired) electrons. The Labute approximate surface area is 81.1 Å². The second kappa shape index (κ2) is 2.62. The van der Waals surface area contributed by atoms with Gasteiger partial charge in [0.15, 0.2) is 0 Å². The van der Waals surface area contributed by atoms with Crippen LogP contribution in [0, 0.1) is 0 Å². The summed E-state index contributed by atoms with van der Waals surface area (Å²) in [6.07, 6.45) is 2.76. The number of para-hydroxylation sites is 1. The lowest BCUT2D eigenvalue weighted by Gasteiger charge is -2.19. The number of hydrogen-bond donors (Lipinski definition) is 1. The highest BCUT2D eigenvalue weighted by Crippen LogP contribution is 2.36. The molecular formula is C11H8N2O. The van der Waals surface area contributed by atoms with Crippen LogP contribution < -0.4 is 0 Å². The maximum absolute atomic E-state index is 10.0. The molecule has 0 bridgehead atoms. The lowest BCUT2D eigenvalue weighted by Crippen LogP contribution is -2.14. The number of aliphatic hydroxyl groups excluding tert-OH is 1. The first-order valence-corrected chi connectivity index (χ1v) is 4.45. The van der Waals surface area contributed by atoms with Crippen molar-refractivity contribution in [3.05, 3.63) is 41.6 Å². The van der Waals surface area contributed by atoms with Gasteiger partial charge in [-0.1, -0.05) is 18.2 Å². The third-order valence-corrected chi connectivity index (χ3v) is 2.47. The SMILES string of the molecule is OC1C2=CN=CC2=Nc2ccccc21. The van der Waals surface area contributed by atoms with Crippen molar-refractivity contribution in [3.63, 3.8) is 0 Å². The quantitative estimate of drug-likeness (QED) is 0.656. The van der Waals surface area contributed by atoms with Crippen LogP contribution in [0.15, 0.2) is 46.0 Å². The van der Waals surface area contributed by atoms with Crippen molar-refractivity contribution in [2.75, 3.05) is 0 Å². The molecule has 68 valence electrons. The molecule has 0 fully saturated rings. The lowest BCUT2D eigenvalue weighted by molar-refractivity contribution is 0.222. The van der Waals surface area contributed by atoms with Crippen LogP contribution in [0.5, 0.6) is 0 Å². The van der Waals surface area contributed by atoms with Crippen LogP contribution in [0.2, 0.25) is 0 Å². The van der Waals surface area contributed by atoms with Gasteiger partial charge in [-0.05, 0) is 6.07 Å². The van der Waals surface area contributed by atoms with Gasteiger partial charge >= 0.3 is 0 Å². The molecule has 1 N–H and O–H groups in total. The van der Waals surface area contributed by atoms with Crippen molar-refractivity contribution in [3.8, 4) is 0 Å². The molecule has 2 aliphatic heterocycles. The number of aliphatic imine (C=N–C) groups is 2. The maximum Gasteiger partial charge on any atom is 0.110 e. The van der Waals surface area contributed by atoms with E-state index in [-0.39, 0.29) is 0 Å². The third-order valence-electron chi connectivity index (χ3n) is 2.47. The molecule has 0 aromatic heterocycles. The van der Waals surface area contributed by atoms with E-state index in [4.69, 9.17) is 0 Å². The topological polar surface area (TPSA) is 45.0 Å². The van der Waals surface area contributed by atoms with Crippen LogP contribution in [0.4, 0.5) is 5.69 Å². The molecule has 2 heterocycles. The Morgan fingerprint density at radius 1 is 1.21 bits per heavy atom. The fraction of sp³-hybridized carbons (Fsp3) is 0.0909. The molecule has 3 heteroatoms. The van der Waals surface area contributed by atoms with E-state index in [1.165, 1.54) is 0 Å². The number of fused-ring (bicyclic) bond motifs is 2. The molecule has 1 unspecified atom stereocenters. The fourth-order valence-corrected chi connectivity index (χ4v) is 1.75. The molecule has 0 saturated carbocycles. The number of aliphatic hydroxyl groups is 1. The first kappa shape index (κ1) is 7.64. The summed E-state index contributed by atoms with van der Waals surface area (Å²) in [4.78, 5) is 8.38. The van der Waals surface area contributed by atoms with Gasteiger partial charge in [-0.15, -0.1) is 0 Å². The highest BCUT2D eigenvalue weighted by atomic mass is 16.3. The minimum atomic E-state index is -0.582. The predicted molar refractivity (Wildman–Crippen MR) is 55.1 cm³/mol. The molecule has 0 spiro atoms. The van der Waals surface area contributed by atoms with Gasteiger partial charge in [0.25, 0.3) is 0 Å². The molecule has 1 aromatic carbocycles. The monoisotopic (exact) mass is 184 g/mol. The maximum atomic E-state index is 10.0. The van der Waals surface area contributed by atoms with E-state index < -0.39 is 6.10 Å². The average Bonchev–Trinajstić information content (AvgIpc) is 2.66. The molecule has 3 rings (SSSR count). The van der Waals surface area contributed by atoms with Crippen LogP contribution in [-0.2, 0) is 0 Å². The summed E-state index contributed by atoms with van der Waals surface area (Å²) in [5.41, 5.74) is 3.26. The zero-order valence-electron chi connectivity index (χ0n) is 7.38. The summed E-state index contributed by atoms with van der Waals surface area (Å²) in [6.45, 7) is 0. The van der Waals surface area contributed by atoms with Gasteiger partial charge < -0.3 is 5.11 Å². The van der Waals surface area contributed by atoms with E-state index in [0.717, 1.165) is 22.5 Å². The highest BCUT2D eigenvalue weighted by molar-refractivity contribution is 6.41. The van der Waals surface area contributed by atoms with Gasteiger partial charge in [0, 0.05) is 17.3 Å². The van der Waals surface area contributed by atoms with Crippen molar-refractivity contribution >= 4 is 17.6 Å².